The smallest absolute Gasteiger partial charge is 0.225 e. The van der Waals surface area contributed by atoms with Gasteiger partial charge in [0.15, 0.2) is 0 Å². The highest BCUT2D eigenvalue weighted by atomic mass is 16.3. The molecular formula is C20H36N2O2. The van der Waals surface area contributed by atoms with Crippen LogP contribution >= 0.6 is 0 Å². The van der Waals surface area contributed by atoms with E-state index in [0.717, 1.165) is 57.5 Å². The monoisotopic (exact) mass is 336 g/mol. The molecule has 4 heteroatoms. The minimum absolute atomic E-state index is 0.190. The number of rotatable bonds is 6. The molecule has 3 aliphatic rings. The van der Waals surface area contributed by atoms with E-state index in [4.69, 9.17) is 0 Å². The van der Waals surface area contributed by atoms with Crippen molar-refractivity contribution in [3.05, 3.63) is 0 Å². The molecule has 1 amide bonds. The Kier molecular flexibility index (Phi) is 6.56. The lowest BCUT2D eigenvalue weighted by atomic mass is 9.82. The number of likely N-dealkylation sites (tertiary alicyclic amines) is 2. The average Bonchev–Trinajstić information content (AvgIpc) is 3.09. The predicted molar refractivity (Wildman–Crippen MR) is 96.9 cm³/mol. The Hall–Kier alpha value is -0.610. The van der Waals surface area contributed by atoms with Crippen molar-refractivity contribution in [3.8, 4) is 0 Å². The maximum atomic E-state index is 12.5. The van der Waals surface area contributed by atoms with Gasteiger partial charge in [-0.1, -0.05) is 19.3 Å². The molecule has 2 saturated heterocycles. The topological polar surface area (TPSA) is 43.8 Å². The molecule has 0 atom stereocenters. The molecule has 3 rings (SSSR count). The van der Waals surface area contributed by atoms with Crippen LogP contribution in [0, 0.1) is 5.92 Å². The normalized spacial score (nSPS) is 26.0. The van der Waals surface area contributed by atoms with Crippen LogP contribution in [0.2, 0.25) is 0 Å². The number of carbonyl (C=O) groups is 1. The Morgan fingerprint density at radius 1 is 0.958 bits per heavy atom. The Morgan fingerprint density at radius 2 is 1.62 bits per heavy atom. The van der Waals surface area contributed by atoms with Gasteiger partial charge in [-0.15, -0.1) is 0 Å². The predicted octanol–water partition coefficient (Wildman–Crippen LogP) is 3.19. The fraction of sp³-hybridized carbons (Fsp3) is 0.950. The largest absolute Gasteiger partial charge is 0.389 e. The number of nitrogens with zero attached hydrogens (tertiary/aromatic N) is 2. The molecule has 138 valence electrons. The molecule has 0 unspecified atom stereocenters. The Balaban J connectivity index is 1.32. The standard InChI is InChI=1S/C20H36N2O2/c23-19(17-20(24)10-2-1-3-11-20)22-15-8-18(9-16-22)7-6-14-21-12-4-5-13-21/h18,24H,1-17H2. The van der Waals surface area contributed by atoms with Crippen molar-refractivity contribution in [1.82, 2.24) is 9.80 Å². The van der Waals surface area contributed by atoms with Gasteiger partial charge in [0.05, 0.1) is 12.0 Å². The summed E-state index contributed by atoms with van der Waals surface area (Å²) in [6.45, 7) is 5.68. The number of hydrogen-bond donors (Lipinski definition) is 1. The van der Waals surface area contributed by atoms with E-state index in [1.165, 1.54) is 51.7 Å². The summed E-state index contributed by atoms with van der Waals surface area (Å²) in [4.78, 5) is 17.1. The molecule has 0 spiro atoms. The first kappa shape index (κ1) is 18.2. The van der Waals surface area contributed by atoms with Crippen molar-refractivity contribution < 1.29 is 9.90 Å². The summed E-state index contributed by atoms with van der Waals surface area (Å²) >= 11 is 0. The van der Waals surface area contributed by atoms with E-state index in [1.54, 1.807) is 0 Å². The van der Waals surface area contributed by atoms with Gasteiger partial charge in [0.25, 0.3) is 0 Å². The van der Waals surface area contributed by atoms with Crippen LogP contribution < -0.4 is 0 Å². The van der Waals surface area contributed by atoms with Gasteiger partial charge >= 0.3 is 0 Å². The van der Waals surface area contributed by atoms with Crippen LogP contribution in [0.3, 0.4) is 0 Å². The summed E-state index contributed by atoms with van der Waals surface area (Å²) < 4.78 is 0. The van der Waals surface area contributed by atoms with Gasteiger partial charge in [-0.25, -0.2) is 0 Å². The summed E-state index contributed by atoms with van der Waals surface area (Å²) in [5, 5.41) is 10.6. The number of piperidine rings is 1. The molecule has 1 N–H and O–H groups in total. The molecule has 24 heavy (non-hydrogen) atoms. The van der Waals surface area contributed by atoms with Gasteiger partial charge in [0.2, 0.25) is 5.91 Å². The number of hydrogen-bond acceptors (Lipinski definition) is 3. The summed E-state index contributed by atoms with van der Waals surface area (Å²) in [5.41, 5.74) is -0.706. The average molecular weight is 337 g/mol. The minimum atomic E-state index is -0.706. The molecule has 0 bridgehead atoms. The van der Waals surface area contributed by atoms with Crippen molar-refractivity contribution >= 4 is 5.91 Å². The third kappa shape index (κ3) is 5.19. The zero-order chi connectivity index (χ0) is 16.8. The highest BCUT2D eigenvalue weighted by Crippen LogP contribution is 2.32. The third-order valence-corrected chi connectivity index (χ3v) is 6.52. The zero-order valence-corrected chi connectivity index (χ0v) is 15.3. The lowest BCUT2D eigenvalue weighted by Crippen LogP contribution is -2.43. The van der Waals surface area contributed by atoms with Gasteiger partial charge in [-0.3, -0.25) is 4.79 Å². The number of amides is 1. The summed E-state index contributed by atoms with van der Waals surface area (Å²) in [7, 11) is 0. The molecular weight excluding hydrogens is 300 g/mol. The zero-order valence-electron chi connectivity index (χ0n) is 15.3. The highest BCUT2D eigenvalue weighted by Gasteiger charge is 2.34. The van der Waals surface area contributed by atoms with E-state index in [2.05, 4.69) is 4.90 Å². The van der Waals surface area contributed by atoms with Crippen molar-refractivity contribution in [1.29, 1.82) is 0 Å². The number of aliphatic hydroxyl groups is 1. The van der Waals surface area contributed by atoms with Crippen LogP contribution in [0.15, 0.2) is 0 Å². The lowest BCUT2D eigenvalue weighted by molar-refractivity contribution is -0.139. The van der Waals surface area contributed by atoms with Crippen LogP contribution in [-0.2, 0) is 4.79 Å². The molecule has 2 aliphatic heterocycles. The molecule has 0 aromatic carbocycles. The second kappa shape index (κ2) is 8.66. The fourth-order valence-electron chi connectivity index (χ4n) is 4.86. The molecule has 4 nitrogen and oxygen atoms in total. The van der Waals surface area contributed by atoms with Gasteiger partial charge < -0.3 is 14.9 Å². The van der Waals surface area contributed by atoms with Gasteiger partial charge in [-0.2, -0.15) is 0 Å². The molecule has 3 fully saturated rings. The van der Waals surface area contributed by atoms with Gasteiger partial charge in [-0.05, 0) is 76.9 Å². The minimum Gasteiger partial charge on any atom is -0.389 e. The third-order valence-electron chi connectivity index (χ3n) is 6.52. The quantitative estimate of drug-likeness (QED) is 0.810. The molecule has 2 heterocycles. The number of carbonyl (C=O) groups excluding carboxylic acids is 1. The molecule has 1 saturated carbocycles. The molecule has 0 radical (unpaired) electrons. The van der Waals surface area contributed by atoms with E-state index in [0.29, 0.717) is 6.42 Å². The molecule has 0 aromatic heterocycles. The maximum Gasteiger partial charge on any atom is 0.225 e. The summed E-state index contributed by atoms with van der Waals surface area (Å²) in [6.07, 6.45) is 13.0. The van der Waals surface area contributed by atoms with Gasteiger partial charge in [0.1, 0.15) is 0 Å². The van der Waals surface area contributed by atoms with E-state index >= 15 is 0 Å². The summed E-state index contributed by atoms with van der Waals surface area (Å²) in [5.74, 6) is 0.990. The van der Waals surface area contributed by atoms with E-state index in [-0.39, 0.29) is 5.91 Å². The second-order valence-corrected chi connectivity index (χ2v) is 8.48. The van der Waals surface area contributed by atoms with Crippen molar-refractivity contribution in [2.75, 3.05) is 32.7 Å². The van der Waals surface area contributed by atoms with E-state index in [9.17, 15) is 9.90 Å². The Labute approximate surface area is 147 Å². The van der Waals surface area contributed by atoms with Crippen LogP contribution in [0.25, 0.3) is 0 Å². The first-order valence-electron chi connectivity index (χ1n) is 10.4. The molecule has 1 aliphatic carbocycles. The van der Waals surface area contributed by atoms with Crippen molar-refractivity contribution in [2.24, 2.45) is 5.92 Å². The SMILES string of the molecule is O=C(CC1(O)CCCCC1)N1CCC(CCCN2CCCC2)CC1. The Morgan fingerprint density at radius 3 is 2.29 bits per heavy atom. The molecule has 0 aromatic rings. The first-order chi connectivity index (χ1) is 11.6. The Bertz CT molecular complexity index is 392. The van der Waals surface area contributed by atoms with Gasteiger partial charge in [0, 0.05) is 13.1 Å². The lowest BCUT2D eigenvalue weighted by Gasteiger charge is -2.36. The van der Waals surface area contributed by atoms with Crippen molar-refractivity contribution in [3.63, 3.8) is 0 Å². The summed E-state index contributed by atoms with van der Waals surface area (Å²) in [6, 6.07) is 0. The van der Waals surface area contributed by atoms with Crippen molar-refractivity contribution in [2.45, 2.75) is 82.7 Å². The van der Waals surface area contributed by atoms with Crippen LogP contribution in [0.1, 0.15) is 77.0 Å². The maximum absolute atomic E-state index is 12.5. The van der Waals surface area contributed by atoms with E-state index in [1.807, 2.05) is 4.90 Å². The first-order valence-corrected chi connectivity index (χ1v) is 10.4. The van der Waals surface area contributed by atoms with E-state index < -0.39 is 5.60 Å². The van der Waals surface area contributed by atoms with Crippen LogP contribution in [-0.4, -0.2) is 59.1 Å². The highest BCUT2D eigenvalue weighted by molar-refractivity contribution is 5.77. The fourth-order valence-corrected chi connectivity index (χ4v) is 4.86. The van der Waals surface area contributed by atoms with Crippen LogP contribution in [0.4, 0.5) is 0 Å². The second-order valence-electron chi connectivity index (χ2n) is 8.48. The van der Waals surface area contributed by atoms with Crippen LogP contribution in [0.5, 0.6) is 0 Å².